The van der Waals surface area contributed by atoms with Gasteiger partial charge in [-0.3, -0.25) is 0 Å². The minimum absolute atomic E-state index is 0.112. The Morgan fingerprint density at radius 3 is 2.45 bits per heavy atom. The maximum atomic E-state index is 9.22. The van der Waals surface area contributed by atoms with Crippen molar-refractivity contribution in [3.8, 4) is 0 Å². The summed E-state index contributed by atoms with van der Waals surface area (Å²) in [6.07, 6.45) is 5.07. The van der Waals surface area contributed by atoms with E-state index in [2.05, 4.69) is 12.2 Å². The van der Waals surface area contributed by atoms with Crippen LogP contribution in [0.1, 0.15) is 32.6 Å². The van der Waals surface area contributed by atoms with Crippen LogP contribution in [0.4, 0.5) is 0 Å². The molecule has 0 bridgehead atoms. The Bertz CT molecular complexity index is 152. The van der Waals surface area contributed by atoms with E-state index in [9.17, 15) is 5.11 Å². The van der Waals surface area contributed by atoms with Gasteiger partial charge in [-0.1, -0.05) is 6.92 Å². The molecule has 0 amide bonds. The van der Waals surface area contributed by atoms with Crippen molar-refractivity contribution in [2.75, 3.05) is 6.61 Å². The van der Waals surface area contributed by atoms with Gasteiger partial charge in [-0.25, -0.2) is 0 Å². The smallest absolute Gasteiger partial charge is 0.0616 e. The van der Waals surface area contributed by atoms with Gasteiger partial charge in [0.05, 0.1) is 6.61 Å². The molecule has 2 saturated carbocycles. The summed E-state index contributed by atoms with van der Waals surface area (Å²) >= 11 is 0. The molecule has 2 aliphatic carbocycles. The summed E-state index contributed by atoms with van der Waals surface area (Å²) < 4.78 is 0. The molecule has 2 atom stereocenters. The minimum Gasteiger partial charge on any atom is -0.394 e. The van der Waals surface area contributed by atoms with Crippen molar-refractivity contribution < 1.29 is 5.11 Å². The van der Waals surface area contributed by atoms with E-state index >= 15 is 0 Å². The number of aliphatic hydroxyl groups is 1. The Labute approximate surface area is 68.0 Å². The van der Waals surface area contributed by atoms with Gasteiger partial charge in [0.15, 0.2) is 0 Å². The van der Waals surface area contributed by atoms with Crippen LogP contribution >= 0.6 is 0 Å². The third-order valence-corrected chi connectivity index (χ3v) is 3.32. The van der Waals surface area contributed by atoms with Gasteiger partial charge < -0.3 is 10.4 Å². The molecule has 0 saturated heterocycles. The molecule has 2 N–H and O–H groups in total. The fraction of sp³-hybridized carbons (Fsp3) is 1.00. The molecule has 0 heterocycles. The van der Waals surface area contributed by atoms with Crippen molar-refractivity contribution in [2.45, 2.75) is 44.2 Å². The van der Waals surface area contributed by atoms with Gasteiger partial charge in [0, 0.05) is 11.6 Å². The fourth-order valence-corrected chi connectivity index (χ4v) is 1.91. The number of hydrogen-bond acceptors (Lipinski definition) is 2. The van der Waals surface area contributed by atoms with Crippen LogP contribution in [0.25, 0.3) is 0 Å². The molecule has 2 heteroatoms. The first kappa shape index (κ1) is 7.56. The van der Waals surface area contributed by atoms with Gasteiger partial charge in [0.1, 0.15) is 0 Å². The van der Waals surface area contributed by atoms with Crippen LogP contribution < -0.4 is 5.32 Å². The van der Waals surface area contributed by atoms with Gasteiger partial charge in [-0.15, -0.1) is 0 Å². The molecule has 0 radical (unpaired) electrons. The zero-order chi connectivity index (χ0) is 7.90. The highest BCUT2D eigenvalue weighted by Crippen LogP contribution is 2.40. The summed E-state index contributed by atoms with van der Waals surface area (Å²) in [5.74, 6) is 0.674. The molecular weight excluding hydrogens is 138 g/mol. The van der Waals surface area contributed by atoms with Gasteiger partial charge in [0.25, 0.3) is 0 Å². The summed E-state index contributed by atoms with van der Waals surface area (Å²) in [7, 11) is 0. The van der Waals surface area contributed by atoms with Crippen LogP contribution in [0.2, 0.25) is 0 Å². The summed E-state index contributed by atoms with van der Waals surface area (Å²) in [4.78, 5) is 0. The van der Waals surface area contributed by atoms with Gasteiger partial charge in [-0.2, -0.15) is 0 Å². The molecule has 64 valence electrons. The Hall–Kier alpha value is -0.0800. The summed E-state index contributed by atoms with van der Waals surface area (Å²) in [6, 6.07) is 0.727. The standard InChI is InChI=1S/C9H17NO/c1-7-4-5-9(7,6-11)10-8-2-3-8/h7-8,10-11H,2-6H2,1H3. The van der Waals surface area contributed by atoms with Crippen molar-refractivity contribution in [1.82, 2.24) is 5.32 Å². The van der Waals surface area contributed by atoms with Crippen molar-refractivity contribution in [3.05, 3.63) is 0 Å². The third-order valence-electron chi connectivity index (χ3n) is 3.32. The highest BCUT2D eigenvalue weighted by Gasteiger charge is 2.46. The predicted molar refractivity (Wildman–Crippen MR) is 44.4 cm³/mol. The van der Waals surface area contributed by atoms with Crippen LogP contribution in [-0.2, 0) is 0 Å². The van der Waals surface area contributed by atoms with Crippen molar-refractivity contribution >= 4 is 0 Å². The Morgan fingerprint density at radius 1 is 1.45 bits per heavy atom. The lowest BCUT2D eigenvalue weighted by atomic mass is 9.68. The monoisotopic (exact) mass is 155 g/mol. The lowest BCUT2D eigenvalue weighted by Crippen LogP contribution is -2.60. The average molecular weight is 155 g/mol. The predicted octanol–water partition coefficient (Wildman–Crippen LogP) is 0.899. The first-order valence-corrected chi connectivity index (χ1v) is 4.65. The van der Waals surface area contributed by atoms with Crippen molar-refractivity contribution in [3.63, 3.8) is 0 Å². The second-order valence-corrected chi connectivity index (χ2v) is 4.17. The average Bonchev–Trinajstić information content (AvgIpc) is 2.80. The number of rotatable bonds is 3. The maximum Gasteiger partial charge on any atom is 0.0616 e. The first-order valence-electron chi connectivity index (χ1n) is 4.65. The van der Waals surface area contributed by atoms with Crippen molar-refractivity contribution in [2.24, 2.45) is 5.92 Å². The van der Waals surface area contributed by atoms with Crippen LogP contribution in [0.3, 0.4) is 0 Å². The number of aliphatic hydroxyl groups excluding tert-OH is 1. The lowest BCUT2D eigenvalue weighted by molar-refractivity contribution is 0.0295. The molecule has 2 nitrogen and oxygen atoms in total. The molecule has 0 aromatic carbocycles. The van der Waals surface area contributed by atoms with Gasteiger partial charge in [0.2, 0.25) is 0 Å². The van der Waals surface area contributed by atoms with E-state index in [1.807, 2.05) is 0 Å². The molecule has 11 heavy (non-hydrogen) atoms. The van der Waals surface area contributed by atoms with Crippen LogP contribution in [0, 0.1) is 5.92 Å². The fourth-order valence-electron chi connectivity index (χ4n) is 1.91. The van der Waals surface area contributed by atoms with E-state index in [4.69, 9.17) is 0 Å². The van der Waals surface area contributed by atoms with E-state index < -0.39 is 0 Å². The summed E-state index contributed by atoms with van der Waals surface area (Å²) in [5.41, 5.74) is 0.112. The Morgan fingerprint density at radius 2 is 2.18 bits per heavy atom. The van der Waals surface area contributed by atoms with E-state index in [1.54, 1.807) is 0 Å². The zero-order valence-electron chi connectivity index (χ0n) is 7.14. The molecule has 0 aliphatic heterocycles. The second kappa shape index (κ2) is 2.46. The topological polar surface area (TPSA) is 32.3 Å². The quantitative estimate of drug-likeness (QED) is 0.634. The van der Waals surface area contributed by atoms with Crippen molar-refractivity contribution in [1.29, 1.82) is 0 Å². The first-order chi connectivity index (χ1) is 5.27. The molecular formula is C9H17NO. The normalized spacial score (nSPS) is 43.6. The molecule has 0 aromatic heterocycles. The zero-order valence-corrected chi connectivity index (χ0v) is 7.14. The lowest BCUT2D eigenvalue weighted by Gasteiger charge is -2.48. The van der Waals surface area contributed by atoms with E-state index in [-0.39, 0.29) is 5.54 Å². The molecule has 2 rings (SSSR count). The summed E-state index contributed by atoms with van der Waals surface area (Å²) in [6.45, 7) is 2.56. The molecule has 2 aliphatic rings. The van der Waals surface area contributed by atoms with Gasteiger partial charge >= 0.3 is 0 Å². The number of nitrogens with one attached hydrogen (secondary N) is 1. The molecule has 0 spiro atoms. The molecule has 2 unspecified atom stereocenters. The van der Waals surface area contributed by atoms with E-state index in [0.29, 0.717) is 12.5 Å². The molecule has 2 fully saturated rings. The summed E-state index contributed by atoms with van der Waals surface area (Å²) in [5, 5.41) is 12.8. The Balaban J connectivity index is 1.92. The molecule has 0 aromatic rings. The van der Waals surface area contributed by atoms with E-state index in [1.165, 1.54) is 25.7 Å². The highest BCUT2D eigenvalue weighted by molar-refractivity contribution is 5.04. The SMILES string of the molecule is CC1CCC1(CO)NC1CC1. The minimum atomic E-state index is 0.112. The third kappa shape index (κ3) is 1.18. The van der Waals surface area contributed by atoms with Crippen LogP contribution in [-0.4, -0.2) is 23.3 Å². The highest BCUT2D eigenvalue weighted by atomic mass is 16.3. The largest absolute Gasteiger partial charge is 0.394 e. The number of hydrogen-bond donors (Lipinski definition) is 2. The second-order valence-electron chi connectivity index (χ2n) is 4.17. The van der Waals surface area contributed by atoms with Crippen LogP contribution in [0.15, 0.2) is 0 Å². The Kier molecular flexibility index (Phi) is 1.69. The van der Waals surface area contributed by atoms with Crippen LogP contribution in [0.5, 0.6) is 0 Å². The maximum absolute atomic E-state index is 9.22. The van der Waals surface area contributed by atoms with Gasteiger partial charge in [-0.05, 0) is 31.6 Å². The van der Waals surface area contributed by atoms with E-state index in [0.717, 1.165) is 6.04 Å².